The zero-order valence-electron chi connectivity index (χ0n) is 18.7. The number of rotatable bonds is 3. The Kier molecular flexibility index (Phi) is 5.80. The van der Waals surface area contributed by atoms with Gasteiger partial charge in [-0.25, -0.2) is 9.78 Å². The van der Waals surface area contributed by atoms with Crippen molar-refractivity contribution in [2.45, 2.75) is 19.6 Å². The van der Waals surface area contributed by atoms with E-state index in [-0.39, 0.29) is 24.3 Å². The van der Waals surface area contributed by atoms with E-state index in [0.29, 0.717) is 33.4 Å². The van der Waals surface area contributed by atoms with Crippen LogP contribution in [-0.4, -0.2) is 34.2 Å². The SMILES string of the molecule is COC(=O)Nc1nc2ccc(C3(O)c4ccccc4C(=O)N3c3cc(C)ccc3C)cc2[nH]1.Cl. The number of ether oxygens (including phenoxy) is 1. The average Bonchev–Trinajstić information content (AvgIpc) is 3.31. The standard InChI is InChI=1S/C25H22N4O4.ClH/c1-14-8-9-15(2)21(12-14)29-22(30)17-6-4-5-7-18(17)25(29,32)16-10-11-19-20(13-16)27-23(26-19)28-24(31)33-3;/h4-13,32H,1-3H3,(H2,26,27,28,31);1H. The summed E-state index contributed by atoms with van der Waals surface area (Å²) in [5, 5.41) is 14.7. The Hall–Kier alpha value is -3.88. The minimum Gasteiger partial charge on any atom is -0.453 e. The zero-order chi connectivity index (χ0) is 23.3. The molecule has 3 aromatic carbocycles. The van der Waals surface area contributed by atoms with Gasteiger partial charge >= 0.3 is 6.09 Å². The van der Waals surface area contributed by atoms with E-state index in [1.807, 2.05) is 32.0 Å². The second-order valence-corrected chi connectivity index (χ2v) is 8.08. The number of H-pyrrole nitrogens is 1. The van der Waals surface area contributed by atoms with Crippen molar-refractivity contribution in [1.29, 1.82) is 0 Å². The third-order valence-corrected chi connectivity index (χ3v) is 5.96. The molecule has 0 spiro atoms. The van der Waals surface area contributed by atoms with Gasteiger partial charge < -0.3 is 14.8 Å². The summed E-state index contributed by atoms with van der Waals surface area (Å²) >= 11 is 0. The van der Waals surface area contributed by atoms with E-state index in [0.717, 1.165) is 11.1 Å². The molecule has 3 N–H and O–H groups in total. The fraction of sp³-hybridized carbons (Fsp3) is 0.160. The molecule has 0 saturated carbocycles. The number of aliphatic hydroxyl groups is 1. The number of amides is 2. The van der Waals surface area contributed by atoms with E-state index in [1.165, 1.54) is 12.0 Å². The van der Waals surface area contributed by atoms with Crippen LogP contribution in [0.5, 0.6) is 0 Å². The zero-order valence-corrected chi connectivity index (χ0v) is 19.6. The Morgan fingerprint density at radius 2 is 1.88 bits per heavy atom. The van der Waals surface area contributed by atoms with Crippen molar-refractivity contribution >= 4 is 47.1 Å². The summed E-state index contributed by atoms with van der Waals surface area (Å²) in [6.45, 7) is 3.86. The highest BCUT2D eigenvalue weighted by Crippen LogP contribution is 2.46. The molecule has 1 unspecified atom stereocenters. The number of imidazole rings is 1. The first-order chi connectivity index (χ1) is 15.8. The molecule has 5 rings (SSSR count). The molecule has 0 bridgehead atoms. The summed E-state index contributed by atoms with van der Waals surface area (Å²) in [4.78, 5) is 33.9. The maximum absolute atomic E-state index is 13.6. The molecule has 2 amide bonds. The molecule has 0 radical (unpaired) electrons. The number of halogens is 1. The van der Waals surface area contributed by atoms with Crippen molar-refractivity contribution in [1.82, 2.24) is 9.97 Å². The number of benzene rings is 3. The molecule has 4 aromatic rings. The van der Waals surface area contributed by atoms with Crippen molar-refractivity contribution in [3.63, 3.8) is 0 Å². The number of aromatic amines is 1. The molecule has 1 atom stereocenters. The number of nitrogens with zero attached hydrogens (tertiary/aromatic N) is 2. The Balaban J connectivity index is 0.00000274. The van der Waals surface area contributed by atoms with E-state index in [9.17, 15) is 14.7 Å². The second-order valence-electron chi connectivity index (χ2n) is 8.08. The minimum atomic E-state index is -1.73. The van der Waals surface area contributed by atoms with Crippen LogP contribution in [0.1, 0.15) is 32.6 Å². The number of carbonyl (C=O) groups is 2. The van der Waals surface area contributed by atoms with E-state index < -0.39 is 11.8 Å². The Morgan fingerprint density at radius 1 is 1.12 bits per heavy atom. The predicted molar refractivity (Wildman–Crippen MR) is 132 cm³/mol. The summed E-state index contributed by atoms with van der Waals surface area (Å²) in [6.07, 6.45) is -0.649. The Morgan fingerprint density at radius 3 is 2.65 bits per heavy atom. The van der Waals surface area contributed by atoms with Gasteiger partial charge in [0, 0.05) is 16.7 Å². The van der Waals surface area contributed by atoms with Gasteiger partial charge in [-0.2, -0.15) is 0 Å². The third-order valence-electron chi connectivity index (χ3n) is 5.96. The number of hydrogen-bond donors (Lipinski definition) is 3. The number of fused-ring (bicyclic) bond motifs is 2. The Labute approximate surface area is 202 Å². The van der Waals surface area contributed by atoms with Gasteiger partial charge in [-0.1, -0.05) is 36.4 Å². The first-order valence-electron chi connectivity index (χ1n) is 10.4. The summed E-state index contributed by atoms with van der Waals surface area (Å²) in [5.41, 5.74) is 3.35. The molecule has 9 heteroatoms. The molecule has 1 aliphatic rings. The maximum Gasteiger partial charge on any atom is 0.413 e. The minimum absolute atomic E-state index is 0. The smallest absolute Gasteiger partial charge is 0.413 e. The van der Waals surface area contributed by atoms with E-state index in [1.54, 1.807) is 42.5 Å². The van der Waals surface area contributed by atoms with Crippen molar-refractivity contribution in [2.24, 2.45) is 0 Å². The molecular weight excluding hydrogens is 456 g/mol. The predicted octanol–water partition coefficient (Wildman–Crippen LogP) is 4.63. The number of aromatic nitrogens is 2. The lowest BCUT2D eigenvalue weighted by Gasteiger charge is -2.36. The molecule has 34 heavy (non-hydrogen) atoms. The van der Waals surface area contributed by atoms with E-state index >= 15 is 0 Å². The highest BCUT2D eigenvalue weighted by Gasteiger charge is 2.51. The number of methoxy groups -OCH3 is 1. The fourth-order valence-corrected chi connectivity index (χ4v) is 4.32. The summed E-state index contributed by atoms with van der Waals surface area (Å²) in [5.74, 6) is -0.0603. The highest BCUT2D eigenvalue weighted by atomic mass is 35.5. The molecule has 1 aliphatic heterocycles. The summed E-state index contributed by atoms with van der Waals surface area (Å²) in [7, 11) is 1.27. The van der Waals surface area contributed by atoms with Crippen LogP contribution in [0, 0.1) is 13.8 Å². The molecule has 8 nitrogen and oxygen atoms in total. The fourth-order valence-electron chi connectivity index (χ4n) is 4.32. The normalized spacial score (nSPS) is 16.8. The number of anilines is 2. The van der Waals surface area contributed by atoms with Crippen LogP contribution in [-0.2, 0) is 10.5 Å². The van der Waals surface area contributed by atoms with Crippen LogP contribution in [0.3, 0.4) is 0 Å². The van der Waals surface area contributed by atoms with Gasteiger partial charge in [0.1, 0.15) is 0 Å². The lowest BCUT2D eigenvalue weighted by molar-refractivity contribution is 0.0703. The van der Waals surface area contributed by atoms with E-state index in [2.05, 4.69) is 20.0 Å². The molecule has 0 aliphatic carbocycles. The molecule has 2 heterocycles. The molecule has 1 aromatic heterocycles. The van der Waals surface area contributed by atoms with Gasteiger partial charge in [-0.05, 0) is 49.2 Å². The second kappa shape index (κ2) is 8.48. The van der Waals surface area contributed by atoms with Crippen molar-refractivity contribution in [3.05, 3.63) is 88.5 Å². The Bertz CT molecular complexity index is 1430. The first-order valence-corrected chi connectivity index (χ1v) is 10.4. The lowest BCUT2D eigenvalue weighted by atomic mass is 9.93. The average molecular weight is 479 g/mol. The number of aryl methyl sites for hydroxylation is 2. The van der Waals surface area contributed by atoms with Crippen molar-refractivity contribution in [2.75, 3.05) is 17.3 Å². The van der Waals surface area contributed by atoms with Crippen molar-refractivity contribution in [3.8, 4) is 0 Å². The van der Waals surface area contributed by atoms with Crippen LogP contribution >= 0.6 is 12.4 Å². The van der Waals surface area contributed by atoms with Crippen LogP contribution in [0.25, 0.3) is 11.0 Å². The van der Waals surface area contributed by atoms with Crippen LogP contribution < -0.4 is 10.2 Å². The van der Waals surface area contributed by atoms with Gasteiger partial charge in [0.15, 0.2) is 5.72 Å². The van der Waals surface area contributed by atoms with Gasteiger partial charge in [0.2, 0.25) is 5.95 Å². The van der Waals surface area contributed by atoms with Crippen LogP contribution in [0.2, 0.25) is 0 Å². The van der Waals surface area contributed by atoms with Gasteiger partial charge in [-0.15, -0.1) is 12.4 Å². The summed E-state index contributed by atoms with van der Waals surface area (Å²) < 4.78 is 4.61. The highest BCUT2D eigenvalue weighted by molar-refractivity contribution is 6.13. The molecule has 0 saturated heterocycles. The van der Waals surface area contributed by atoms with Crippen LogP contribution in [0.4, 0.5) is 16.4 Å². The quantitative estimate of drug-likeness (QED) is 0.398. The summed E-state index contributed by atoms with van der Waals surface area (Å²) in [6, 6.07) is 18.1. The number of nitrogens with one attached hydrogen (secondary N) is 2. The third kappa shape index (κ3) is 3.48. The first kappa shape index (κ1) is 23.3. The van der Waals surface area contributed by atoms with Gasteiger partial charge in [-0.3, -0.25) is 15.0 Å². The van der Waals surface area contributed by atoms with Crippen molar-refractivity contribution < 1.29 is 19.4 Å². The van der Waals surface area contributed by atoms with Gasteiger partial charge in [0.25, 0.3) is 5.91 Å². The van der Waals surface area contributed by atoms with Crippen LogP contribution in [0.15, 0.2) is 60.7 Å². The molecular formula is C25H23ClN4O4. The van der Waals surface area contributed by atoms with Gasteiger partial charge in [0.05, 0.1) is 23.8 Å². The lowest BCUT2D eigenvalue weighted by Crippen LogP contribution is -2.45. The number of hydrogen-bond acceptors (Lipinski definition) is 5. The molecule has 174 valence electrons. The maximum atomic E-state index is 13.6. The topological polar surface area (TPSA) is 108 Å². The number of carbonyl (C=O) groups excluding carboxylic acids is 2. The largest absolute Gasteiger partial charge is 0.453 e. The molecule has 0 fully saturated rings. The monoisotopic (exact) mass is 478 g/mol. The van der Waals surface area contributed by atoms with E-state index in [4.69, 9.17) is 0 Å².